The highest BCUT2D eigenvalue weighted by Gasteiger charge is 2.26. The van der Waals surface area contributed by atoms with Crippen molar-refractivity contribution in [2.45, 2.75) is 6.04 Å². The van der Waals surface area contributed by atoms with Gasteiger partial charge in [0, 0.05) is 40.5 Å². The molecule has 4 heteroatoms. The highest BCUT2D eigenvalue weighted by Crippen LogP contribution is 2.39. The van der Waals surface area contributed by atoms with E-state index < -0.39 is 0 Å². The molecule has 1 aliphatic heterocycles. The van der Waals surface area contributed by atoms with Crippen LogP contribution in [0.15, 0.2) is 236 Å². The van der Waals surface area contributed by atoms with Crippen LogP contribution in [0.4, 0.5) is 0 Å². The first-order valence-electron chi connectivity index (χ1n) is 21.6. The van der Waals surface area contributed by atoms with Gasteiger partial charge in [-0.1, -0.05) is 164 Å². The number of likely N-dealkylation sites (N-methyl/N-ethyl adjacent to an activating group) is 1. The maximum Gasteiger partial charge on any atom is 0.211 e. The highest BCUT2D eigenvalue weighted by molar-refractivity contribution is 6.15. The minimum absolute atomic E-state index is 0.00665. The quantitative estimate of drug-likeness (QED) is 0.164. The number of hydrogen-bond donors (Lipinski definition) is 0. The summed E-state index contributed by atoms with van der Waals surface area (Å²) >= 11 is 0. The van der Waals surface area contributed by atoms with E-state index >= 15 is 0 Å². The van der Waals surface area contributed by atoms with Gasteiger partial charge in [-0.15, -0.1) is 0 Å². The van der Waals surface area contributed by atoms with Gasteiger partial charge in [0.05, 0.1) is 28.1 Å². The number of fused-ring (bicyclic) bond motifs is 6. The van der Waals surface area contributed by atoms with Gasteiger partial charge in [-0.2, -0.15) is 0 Å². The molecule has 0 amide bonds. The van der Waals surface area contributed by atoms with E-state index in [1.54, 1.807) is 0 Å². The summed E-state index contributed by atoms with van der Waals surface area (Å²) in [4.78, 5) is 7.36. The topological polar surface area (TPSA) is 25.5 Å². The molecular weight excluding hydrogens is 765 g/mol. The van der Waals surface area contributed by atoms with E-state index in [0.717, 1.165) is 22.7 Å². The van der Waals surface area contributed by atoms with Crippen LogP contribution in [0.25, 0.3) is 93.8 Å². The van der Waals surface area contributed by atoms with Gasteiger partial charge in [0.15, 0.2) is 0 Å². The Morgan fingerprint density at radius 1 is 0.349 bits per heavy atom. The molecular formula is C59H42N4. The molecule has 0 radical (unpaired) electrons. The molecule has 0 fully saturated rings. The van der Waals surface area contributed by atoms with Gasteiger partial charge >= 0.3 is 0 Å². The second kappa shape index (κ2) is 15.1. The first-order valence-corrected chi connectivity index (χ1v) is 21.6. The lowest BCUT2D eigenvalue weighted by molar-refractivity contribution is 0.420. The molecule has 2 aromatic heterocycles. The average molecular weight is 807 g/mol. The van der Waals surface area contributed by atoms with Crippen molar-refractivity contribution >= 4 is 49.6 Å². The minimum atomic E-state index is 0.00665. The van der Waals surface area contributed by atoms with Crippen molar-refractivity contribution in [3.63, 3.8) is 0 Å². The molecule has 0 saturated carbocycles. The Balaban J connectivity index is 0.890. The van der Waals surface area contributed by atoms with Crippen LogP contribution in [0.5, 0.6) is 0 Å². The normalized spacial score (nSPS) is 14.0. The Bertz CT molecular complexity index is 3560. The van der Waals surface area contributed by atoms with Gasteiger partial charge in [0.1, 0.15) is 0 Å². The first-order chi connectivity index (χ1) is 31.2. The van der Waals surface area contributed by atoms with Crippen molar-refractivity contribution in [2.75, 3.05) is 7.05 Å². The van der Waals surface area contributed by atoms with E-state index in [1.807, 2.05) is 6.20 Å². The van der Waals surface area contributed by atoms with Crippen LogP contribution < -0.4 is 0 Å². The first kappa shape index (κ1) is 36.6. The van der Waals surface area contributed by atoms with Gasteiger partial charge in [0.2, 0.25) is 5.96 Å². The van der Waals surface area contributed by atoms with Crippen molar-refractivity contribution in [2.24, 2.45) is 4.99 Å². The van der Waals surface area contributed by atoms with Crippen LogP contribution in [0.2, 0.25) is 0 Å². The Morgan fingerprint density at radius 3 is 1.38 bits per heavy atom. The van der Waals surface area contributed by atoms with E-state index in [0.29, 0.717) is 0 Å². The van der Waals surface area contributed by atoms with Gasteiger partial charge < -0.3 is 9.47 Å². The molecule has 298 valence electrons. The largest absolute Gasteiger partial charge is 0.334 e. The fourth-order valence-corrected chi connectivity index (χ4v) is 9.71. The Kier molecular flexibility index (Phi) is 8.75. The number of aliphatic imine (C=N–C) groups is 1. The molecule has 0 spiro atoms. The van der Waals surface area contributed by atoms with Crippen molar-refractivity contribution in [3.05, 3.63) is 236 Å². The molecule has 3 heterocycles. The molecule has 0 aliphatic carbocycles. The Morgan fingerprint density at radius 2 is 0.778 bits per heavy atom. The maximum atomic E-state index is 5.06. The van der Waals surface area contributed by atoms with E-state index in [1.165, 1.54) is 82.6 Å². The molecule has 0 bridgehead atoms. The van der Waals surface area contributed by atoms with Crippen molar-refractivity contribution in [1.29, 1.82) is 0 Å². The summed E-state index contributed by atoms with van der Waals surface area (Å²) < 4.78 is 4.72. The number of benzene rings is 9. The molecule has 4 nitrogen and oxygen atoms in total. The number of rotatable bonds is 6. The third-order valence-electron chi connectivity index (χ3n) is 12.9. The molecule has 11 aromatic rings. The summed E-state index contributed by atoms with van der Waals surface area (Å²) in [7, 11) is 2.16. The third kappa shape index (κ3) is 6.26. The molecule has 9 aromatic carbocycles. The van der Waals surface area contributed by atoms with E-state index in [-0.39, 0.29) is 6.04 Å². The lowest BCUT2D eigenvalue weighted by Gasteiger charge is -2.32. The second-order valence-electron chi connectivity index (χ2n) is 16.5. The maximum absolute atomic E-state index is 5.06. The van der Waals surface area contributed by atoms with Gasteiger partial charge in [-0.25, -0.2) is 4.99 Å². The highest BCUT2D eigenvalue weighted by atomic mass is 15.3. The smallest absolute Gasteiger partial charge is 0.211 e. The molecule has 1 unspecified atom stereocenters. The van der Waals surface area contributed by atoms with E-state index in [9.17, 15) is 0 Å². The molecule has 1 aliphatic rings. The fraction of sp³-hybridized carbons (Fsp3) is 0.0339. The number of nitrogens with zero attached hydrogens (tertiary/aromatic N) is 4. The lowest BCUT2D eigenvalue weighted by Crippen LogP contribution is -2.36. The van der Waals surface area contributed by atoms with Crippen LogP contribution >= 0.6 is 0 Å². The van der Waals surface area contributed by atoms with Crippen LogP contribution in [0, 0.1) is 0 Å². The number of para-hydroxylation sites is 2. The van der Waals surface area contributed by atoms with E-state index in [4.69, 9.17) is 4.99 Å². The molecule has 0 saturated heterocycles. The predicted octanol–water partition coefficient (Wildman–Crippen LogP) is 15.0. The second-order valence-corrected chi connectivity index (χ2v) is 16.5. The lowest BCUT2D eigenvalue weighted by atomic mass is 9.96. The SMILES string of the molecule is CN1C(n2c3ccccc3c3cc(-c4ccc5c(c4)c4ccccc4n5-c4ccc(-c5ccccc5)cc4)ccc32)=NC=CC1c1cccc(-c2ccc(-c3ccccc3)cc2)c1. The summed E-state index contributed by atoms with van der Waals surface area (Å²) in [6.07, 6.45) is 4.17. The van der Waals surface area contributed by atoms with Crippen LogP contribution in [-0.2, 0) is 0 Å². The van der Waals surface area contributed by atoms with E-state index in [2.05, 4.69) is 246 Å². The molecule has 0 N–H and O–H groups in total. The summed E-state index contributed by atoms with van der Waals surface area (Å²) in [5.74, 6) is 0.894. The van der Waals surface area contributed by atoms with Crippen LogP contribution in [0.1, 0.15) is 11.6 Å². The number of hydrogen-bond acceptors (Lipinski definition) is 2. The average Bonchev–Trinajstić information content (AvgIpc) is 3.87. The van der Waals surface area contributed by atoms with Crippen molar-refractivity contribution in [1.82, 2.24) is 14.0 Å². The van der Waals surface area contributed by atoms with Gasteiger partial charge in [-0.05, 0) is 111 Å². The van der Waals surface area contributed by atoms with Gasteiger partial charge in [-0.3, -0.25) is 4.57 Å². The monoisotopic (exact) mass is 806 g/mol. The zero-order chi connectivity index (χ0) is 41.9. The van der Waals surface area contributed by atoms with Crippen LogP contribution in [0.3, 0.4) is 0 Å². The predicted molar refractivity (Wildman–Crippen MR) is 264 cm³/mol. The zero-order valence-corrected chi connectivity index (χ0v) is 34.8. The summed E-state index contributed by atoms with van der Waals surface area (Å²) in [5.41, 5.74) is 16.7. The Labute approximate surface area is 366 Å². The summed E-state index contributed by atoms with van der Waals surface area (Å²) in [5, 5.41) is 4.88. The third-order valence-corrected chi connectivity index (χ3v) is 12.9. The van der Waals surface area contributed by atoms with Crippen molar-refractivity contribution < 1.29 is 0 Å². The van der Waals surface area contributed by atoms with Gasteiger partial charge in [0.25, 0.3) is 0 Å². The summed E-state index contributed by atoms with van der Waals surface area (Å²) in [6, 6.07) is 79.1. The molecule has 12 rings (SSSR count). The Hall–Kier alpha value is -8.21. The summed E-state index contributed by atoms with van der Waals surface area (Å²) in [6.45, 7) is 0. The standard InChI is InChI=1S/C59H42N4/c1-61-54(48-18-12-17-45(37-48)44-25-23-42(24-26-44)40-13-4-2-5-14-40)35-36-60-59(61)63-56-22-11-9-20-51(56)53-39-47(30-34-58(53)63)46-29-33-57-52(38-46)50-19-8-10-21-55(50)62(57)49-31-27-43(28-32-49)41-15-6-3-7-16-41/h2-39,54H,1H3. The number of aromatic nitrogens is 2. The van der Waals surface area contributed by atoms with Crippen LogP contribution in [-0.4, -0.2) is 27.0 Å². The molecule has 63 heavy (non-hydrogen) atoms. The minimum Gasteiger partial charge on any atom is -0.334 e. The fourth-order valence-electron chi connectivity index (χ4n) is 9.71. The van der Waals surface area contributed by atoms with Crippen molar-refractivity contribution in [3.8, 4) is 50.2 Å². The zero-order valence-electron chi connectivity index (χ0n) is 34.8. The molecule has 1 atom stereocenters.